The Morgan fingerprint density at radius 2 is 1.79 bits per heavy atom. The molecular weight excluding hydrogens is 358 g/mol. The minimum atomic E-state index is -0.546. The Labute approximate surface area is 147 Å². The van der Waals surface area contributed by atoms with E-state index in [2.05, 4.69) is 10.6 Å². The lowest BCUT2D eigenvalue weighted by molar-refractivity contribution is -0.114. The van der Waals surface area contributed by atoms with Crippen LogP contribution in [0.15, 0.2) is 30.3 Å². The fourth-order valence-electron chi connectivity index (χ4n) is 2.15. The van der Waals surface area contributed by atoms with Gasteiger partial charge in [-0.25, -0.2) is 4.39 Å². The van der Waals surface area contributed by atoms with Gasteiger partial charge < -0.3 is 20.1 Å². The van der Waals surface area contributed by atoms with Crippen molar-refractivity contribution in [1.82, 2.24) is 0 Å². The molecule has 5 nitrogen and oxygen atoms in total. The molecule has 0 saturated carbocycles. The minimum absolute atomic E-state index is 0.0334. The summed E-state index contributed by atoms with van der Waals surface area (Å²) in [5.41, 5.74) is 0.953. The summed E-state index contributed by atoms with van der Waals surface area (Å²) in [7, 11) is 0. The molecule has 3 rings (SSSR count). The van der Waals surface area contributed by atoms with E-state index in [-0.39, 0.29) is 17.5 Å². The molecule has 1 heterocycles. The van der Waals surface area contributed by atoms with Gasteiger partial charge in [-0.15, -0.1) is 0 Å². The van der Waals surface area contributed by atoms with Gasteiger partial charge in [0.25, 0.3) is 0 Å². The smallest absolute Gasteiger partial charge is 0.243 e. The van der Waals surface area contributed by atoms with Crippen LogP contribution in [0.3, 0.4) is 0 Å². The molecule has 0 fully saturated rings. The predicted octanol–water partition coefficient (Wildman–Crippen LogP) is 3.95. The van der Waals surface area contributed by atoms with Crippen LogP contribution in [0.25, 0.3) is 0 Å². The summed E-state index contributed by atoms with van der Waals surface area (Å²) in [6.07, 6.45) is 0. The average Bonchev–Trinajstić information content (AvgIpc) is 2.56. The zero-order valence-electron chi connectivity index (χ0n) is 12.4. The molecule has 2 N–H and O–H groups in total. The van der Waals surface area contributed by atoms with Crippen LogP contribution >= 0.6 is 23.2 Å². The lowest BCUT2D eigenvalue weighted by atomic mass is 10.2. The molecule has 126 valence electrons. The van der Waals surface area contributed by atoms with Crippen molar-refractivity contribution in [3.63, 3.8) is 0 Å². The number of benzene rings is 2. The number of anilines is 2. The normalized spacial score (nSPS) is 12.6. The maximum Gasteiger partial charge on any atom is 0.243 e. The van der Waals surface area contributed by atoms with Crippen molar-refractivity contribution in [1.29, 1.82) is 0 Å². The third-order valence-electron chi connectivity index (χ3n) is 3.27. The summed E-state index contributed by atoms with van der Waals surface area (Å²) >= 11 is 11.8. The summed E-state index contributed by atoms with van der Waals surface area (Å²) in [5, 5.41) is 5.89. The Morgan fingerprint density at radius 3 is 2.50 bits per heavy atom. The molecule has 1 aliphatic rings. The van der Waals surface area contributed by atoms with Gasteiger partial charge in [-0.1, -0.05) is 23.2 Å². The predicted molar refractivity (Wildman–Crippen MR) is 91.0 cm³/mol. The quantitative estimate of drug-likeness (QED) is 0.855. The summed E-state index contributed by atoms with van der Waals surface area (Å²) in [4.78, 5) is 12.0. The molecule has 0 spiro atoms. The Bertz CT molecular complexity index is 786. The molecule has 0 atom stereocenters. The maximum absolute atomic E-state index is 13.1. The number of ether oxygens (including phenoxy) is 2. The van der Waals surface area contributed by atoms with Gasteiger partial charge in [-0.3, -0.25) is 4.79 Å². The van der Waals surface area contributed by atoms with Crippen LogP contribution < -0.4 is 20.1 Å². The first-order valence-electron chi connectivity index (χ1n) is 7.11. The van der Waals surface area contributed by atoms with Crippen molar-refractivity contribution < 1.29 is 18.7 Å². The minimum Gasteiger partial charge on any atom is -0.486 e. The fraction of sp³-hybridized carbons (Fsp3) is 0.188. The second-order valence-corrected chi connectivity index (χ2v) is 5.82. The van der Waals surface area contributed by atoms with Crippen molar-refractivity contribution >= 4 is 40.5 Å². The van der Waals surface area contributed by atoms with E-state index >= 15 is 0 Å². The van der Waals surface area contributed by atoms with E-state index < -0.39 is 5.82 Å². The third kappa shape index (κ3) is 3.83. The highest BCUT2D eigenvalue weighted by Gasteiger charge is 2.15. The van der Waals surface area contributed by atoms with Gasteiger partial charge in [0, 0.05) is 17.8 Å². The van der Waals surface area contributed by atoms with Crippen LogP contribution in [0.1, 0.15) is 0 Å². The zero-order chi connectivity index (χ0) is 17.1. The second-order valence-electron chi connectivity index (χ2n) is 5.01. The van der Waals surface area contributed by atoms with Gasteiger partial charge in [-0.05, 0) is 18.2 Å². The van der Waals surface area contributed by atoms with Crippen LogP contribution in [-0.2, 0) is 4.79 Å². The van der Waals surface area contributed by atoms with Crippen molar-refractivity contribution in [2.45, 2.75) is 0 Å². The molecule has 8 heteroatoms. The number of carbonyl (C=O) groups is 1. The summed E-state index contributed by atoms with van der Waals surface area (Å²) in [5.74, 6) is 0.264. The van der Waals surface area contributed by atoms with Gasteiger partial charge in [0.05, 0.1) is 22.3 Å². The first-order chi connectivity index (χ1) is 11.5. The summed E-state index contributed by atoms with van der Waals surface area (Å²) < 4.78 is 24.0. The fourth-order valence-corrected chi connectivity index (χ4v) is 2.56. The van der Waals surface area contributed by atoms with E-state index in [1.807, 2.05) is 0 Å². The number of hydrogen-bond donors (Lipinski definition) is 2. The number of rotatable bonds is 4. The van der Waals surface area contributed by atoms with Crippen molar-refractivity contribution in [3.8, 4) is 11.5 Å². The maximum atomic E-state index is 13.1. The topological polar surface area (TPSA) is 59.6 Å². The van der Waals surface area contributed by atoms with Crippen molar-refractivity contribution in [2.24, 2.45) is 0 Å². The number of nitrogens with one attached hydrogen (secondary N) is 2. The number of fused-ring (bicyclic) bond motifs is 1. The molecule has 1 amide bonds. The molecule has 24 heavy (non-hydrogen) atoms. The number of hydrogen-bond acceptors (Lipinski definition) is 4. The Kier molecular flexibility index (Phi) is 4.97. The zero-order valence-corrected chi connectivity index (χ0v) is 13.9. The van der Waals surface area contributed by atoms with Gasteiger partial charge >= 0.3 is 0 Å². The van der Waals surface area contributed by atoms with E-state index in [0.29, 0.717) is 41.1 Å². The number of amides is 1. The highest BCUT2D eigenvalue weighted by molar-refractivity contribution is 6.33. The standard InChI is InChI=1S/C16H13Cl2FN2O3/c17-10-5-9(1-2-12(10)19)21-16(22)8-20-13-7-15-14(6-11(13)18)23-3-4-24-15/h1-2,5-7,20H,3-4,8H2,(H,21,22). The lowest BCUT2D eigenvalue weighted by Crippen LogP contribution is -2.22. The molecular formula is C16H13Cl2FN2O3. The Balaban J connectivity index is 1.62. The number of halogens is 3. The monoisotopic (exact) mass is 370 g/mol. The van der Waals surface area contributed by atoms with E-state index in [9.17, 15) is 9.18 Å². The van der Waals surface area contributed by atoms with E-state index in [4.69, 9.17) is 32.7 Å². The molecule has 0 unspecified atom stereocenters. The molecule has 2 aromatic rings. The molecule has 0 aromatic heterocycles. The highest BCUT2D eigenvalue weighted by Crippen LogP contribution is 2.37. The molecule has 0 saturated heterocycles. The Hall–Kier alpha value is -2.18. The first-order valence-corrected chi connectivity index (χ1v) is 7.86. The van der Waals surface area contributed by atoms with Crippen molar-refractivity contribution in [2.75, 3.05) is 30.4 Å². The molecule has 0 bridgehead atoms. The number of carbonyl (C=O) groups excluding carboxylic acids is 1. The van der Waals surface area contributed by atoms with E-state index in [1.54, 1.807) is 12.1 Å². The van der Waals surface area contributed by atoms with Gasteiger partial charge in [0.15, 0.2) is 11.5 Å². The van der Waals surface area contributed by atoms with Crippen LogP contribution in [0.2, 0.25) is 10.0 Å². The molecule has 2 aromatic carbocycles. The molecule has 0 radical (unpaired) electrons. The SMILES string of the molecule is O=C(CNc1cc2c(cc1Cl)OCCO2)Nc1ccc(F)c(Cl)c1. The summed E-state index contributed by atoms with van der Waals surface area (Å²) in [6.45, 7) is 0.896. The summed E-state index contributed by atoms with van der Waals surface area (Å²) in [6, 6.07) is 7.26. The van der Waals surface area contributed by atoms with Crippen LogP contribution in [-0.4, -0.2) is 25.7 Å². The second kappa shape index (κ2) is 7.15. The van der Waals surface area contributed by atoms with E-state index in [0.717, 1.165) is 0 Å². The average molecular weight is 371 g/mol. The molecule has 1 aliphatic heterocycles. The molecule has 0 aliphatic carbocycles. The van der Waals surface area contributed by atoms with Gasteiger partial charge in [0.1, 0.15) is 19.0 Å². The first kappa shape index (κ1) is 16.7. The van der Waals surface area contributed by atoms with Gasteiger partial charge in [0.2, 0.25) is 5.91 Å². The van der Waals surface area contributed by atoms with Crippen LogP contribution in [0.5, 0.6) is 11.5 Å². The Morgan fingerprint density at radius 1 is 1.08 bits per heavy atom. The largest absolute Gasteiger partial charge is 0.486 e. The van der Waals surface area contributed by atoms with Crippen LogP contribution in [0.4, 0.5) is 15.8 Å². The third-order valence-corrected chi connectivity index (χ3v) is 3.88. The van der Waals surface area contributed by atoms with Crippen molar-refractivity contribution in [3.05, 3.63) is 46.2 Å². The van der Waals surface area contributed by atoms with E-state index in [1.165, 1.54) is 18.2 Å². The van der Waals surface area contributed by atoms with Gasteiger partial charge in [-0.2, -0.15) is 0 Å². The highest BCUT2D eigenvalue weighted by atomic mass is 35.5. The van der Waals surface area contributed by atoms with Crippen LogP contribution in [0, 0.1) is 5.82 Å². The lowest BCUT2D eigenvalue weighted by Gasteiger charge is -2.20.